The Labute approximate surface area is 186 Å². The van der Waals surface area contributed by atoms with Gasteiger partial charge in [-0.1, -0.05) is 12.1 Å². The minimum atomic E-state index is -0.280. The number of nitrogens with zero attached hydrogens (tertiary/aromatic N) is 3. The van der Waals surface area contributed by atoms with E-state index in [2.05, 4.69) is 22.0 Å². The van der Waals surface area contributed by atoms with Gasteiger partial charge in [-0.3, -0.25) is 9.69 Å². The monoisotopic (exact) mass is 439 g/mol. The molecule has 0 bridgehead atoms. The number of carbonyl (C=O) groups excluding carboxylic acids is 1. The van der Waals surface area contributed by atoms with Gasteiger partial charge in [-0.25, -0.2) is 9.37 Å². The summed E-state index contributed by atoms with van der Waals surface area (Å²) in [4.78, 5) is 22.8. The second-order valence-electron chi connectivity index (χ2n) is 7.71. The van der Waals surface area contributed by atoms with Crippen molar-refractivity contribution in [2.45, 2.75) is 19.9 Å². The molecule has 1 aromatic heterocycles. The molecule has 0 N–H and O–H groups in total. The van der Waals surface area contributed by atoms with Crippen LogP contribution in [0.1, 0.15) is 27.3 Å². The first kappa shape index (κ1) is 21.5. The van der Waals surface area contributed by atoms with E-state index in [1.54, 1.807) is 19.2 Å². The highest BCUT2D eigenvalue weighted by Gasteiger charge is 2.24. The van der Waals surface area contributed by atoms with Gasteiger partial charge in [-0.2, -0.15) is 0 Å². The van der Waals surface area contributed by atoms with Crippen LogP contribution in [0, 0.1) is 12.7 Å². The summed E-state index contributed by atoms with van der Waals surface area (Å²) in [6, 6.07) is 14.4. The highest BCUT2D eigenvalue weighted by atomic mass is 32.1. The molecular formula is C24H26FN3O2S. The van der Waals surface area contributed by atoms with Crippen molar-refractivity contribution in [2.75, 3.05) is 33.3 Å². The number of hydrogen-bond acceptors (Lipinski definition) is 5. The van der Waals surface area contributed by atoms with Crippen molar-refractivity contribution in [3.8, 4) is 16.3 Å². The van der Waals surface area contributed by atoms with E-state index < -0.39 is 0 Å². The van der Waals surface area contributed by atoms with Crippen molar-refractivity contribution in [2.24, 2.45) is 0 Å². The lowest BCUT2D eigenvalue weighted by Gasteiger charge is -2.22. The SMILES string of the molecule is COc1ccc(CN2CCCN(C(=O)c3sc(-c4ccc(F)cc4)nc3C)CC2)cc1. The van der Waals surface area contributed by atoms with E-state index in [0.717, 1.165) is 54.6 Å². The molecule has 0 spiro atoms. The summed E-state index contributed by atoms with van der Waals surface area (Å²) in [6.07, 6.45) is 0.935. The zero-order valence-electron chi connectivity index (χ0n) is 17.8. The molecule has 162 valence electrons. The van der Waals surface area contributed by atoms with Crippen LogP contribution < -0.4 is 4.74 Å². The number of methoxy groups -OCH3 is 1. The van der Waals surface area contributed by atoms with E-state index >= 15 is 0 Å². The second kappa shape index (κ2) is 9.58. The van der Waals surface area contributed by atoms with Gasteiger partial charge < -0.3 is 9.64 Å². The highest BCUT2D eigenvalue weighted by molar-refractivity contribution is 7.17. The van der Waals surface area contributed by atoms with E-state index in [-0.39, 0.29) is 11.7 Å². The predicted molar refractivity (Wildman–Crippen MR) is 121 cm³/mol. The summed E-state index contributed by atoms with van der Waals surface area (Å²) in [6.45, 7) is 5.95. The fourth-order valence-electron chi connectivity index (χ4n) is 3.78. The Balaban J connectivity index is 1.41. The lowest BCUT2D eigenvalue weighted by atomic mass is 10.2. The Bertz CT molecular complexity index is 1030. The highest BCUT2D eigenvalue weighted by Crippen LogP contribution is 2.29. The molecule has 1 aliphatic rings. The number of hydrogen-bond donors (Lipinski definition) is 0. The van der Waals surface area contributed by atoms with Gasteiger partial charge in [0.25, 0.3) is 5.91 Å². The minimum Gasteiger partial charge on any atom is -0.497 e. The molecule has 1 aliphatic heterocycles. The number of aryl methyl sites for hydroxylation is 1. The van der Waals surface area contributed by atoms with E-state index in [1.807, 2.05) is 24.0 Å². The Kier molecular flexibility index (Phi) is 6.63. The molecule has 1 saturated heterocycles. The van der Waals surface area contributed by atoms with Gasteiger partial charge in [-0.05, 0) is 55.3 Å². The Morgan fingerprint density at radius 3 is 2.52 bits per heavy atom. The number of halogens is 1. The number of ether oxygens (including phenoxy) is 1. The zero-order chi connectivity index (χ0) is 21.8. The number of benzene rings is 2. The molecule has 1 fully saturated rings. The van der Waals surface area contributed by atoms with Crippen LogP contribution in [-0.4, -0.2) is 54.0 Å². The summed E-state index contributed by atoms with van der Waals surface area (Å²) in [5.74, 6) is 0.614. The quantitative estimate of drug-likeness (QED) is 0.582. The summed E-state index contributed by atoms with van der Waals surface area (Å²) in [5, 5.41) is 0.747. The van der Waals surface area contributed by atoms with Crippen molar-refractivity contribution >= 4 is 17.2 Å². The van der Waals surface area contributed by atoms with Gasteiger partial charge >= 0.3 is 0 Å². The Morgan fingerprint density at radius 1 is 1.06 bits per heavy atom. The average molecular weight is 440 g/mol. The van der Waals surface area contributed by atoms with Gasteiger partial charge in [0.1, 0.15) is 21.5 Å². The maximum atomic E-state index is 13.2. The van der Waals surface area contributed by atoms with Gasteiger partial charge in [0.15, 0.2) is 0 Å². The average Bonchev–Trinajstić information content (AvgIpc) is 3.02. The maximum Gasteiger partial charge on any atom is 0.265 e. The molecule has 0 unspecified atom stereocenters. The zero-order valence-corrected chi connectivity index (χ0v) is 18.6. The minimum absolute atomic E-state index is 0.0367. The van der Waals surface area contributed by atoms with E-state index in [1.165, 1.54) is 29.0 Å². The van der Waals surface area contributed by atoms with Gasteiger partial charge in [0, 0.05) is 38.3 Å². The third-order valence-corrected chi connectivity index (χ3v) is 6.72. The Hall–Kier alpha value is -2.77. The molecule has 0 atom stereocenters. The number of carbonyl (C=O) groups is 1. The number of aromatic nitrogens is 1. The van der Waals surface area contributed by atoms with Crippen LogP contribution in [0.2, 0.25) is 0 Å². The van der Waals surface area contributed by atoms with Crippen molar-refractivity contribution in [1.29, 1.82) is 0 Å². The predicted octanol–water partition coefficient (Wildman–Crippen LogP) is 4.61. The fourth-order valence-corrected chi connectivity index (χ4v) is 4.82. The molecule has 0 saturated carbocycles. The normalized spacial score (nSPS) is 15.0. The third kappa shape index (κ3) is 5.11. The smallest absolute Gasteiger partial charge is 0.265 e. The molecule has 2 heterocycles. The standard InChI is InChI=1S/C24H26FN3O2S/c1-17-22(31-23(26-17)19-6-8-20(25)9-7-19)24(29)28-13-3-12-27(14-15-28)16-18-4-10-21(30-2)11-5-18/h4-11H,3,12-16H2,1-2H3. The largest absolute Gasteiger partial charge is 0.497 e. The lowest BCUT2D eigenvalue weighted by molar-refractivity contribution is 0.0765. The fraction of sp³-hybridized carbons (Fsp3) is 0.333. The molecule has 2 aromatic carbocycles. The first-order valence-corrected chi connectivity index (χ1v) is 11.2. The van der Waals surface area contributed by atoms with Crippen LogP contribution in [0.4, 0.5) is 4.39 Å². The van der Waals surface area contributed by atoms with E-state index in [4.69, 9.17) is 4.74 Å². The number of amides is 1. The molecule has 31 heavy (non-hydrogen) atoms. The molecule has 3 aromatic rings. The molecule has 1 amide bonds. The van der Waals surface area contributed by atoms with Crippen molar-refractivity contribution in [3.63, 3.8) is 0 Å². The number of thiazole rings is 1. The van der Waals surface area contributed by atoms with Gasteiger partial charge in [0.05, 0.1) is 12.8 Å². The first-order valence-electron chi connectivity index (χ1n) is 10.4. The summed E-state index contributed by atoms with van der Waals surface area (Å²) in [5.41, 5.74) is 2.80. The van der Waals surface area contributed by atoms with Crippen LogP contribution >= 0.6 is 11.3 Å². The van der Waals surface area contributed by atoms with Crippen LogP contribution in [-0.2, 0) is 6.54 Å². The van der Waals surface area contributed by atoms with Crippen molar-refractivity contribution in [3.05, 3.63) is 70.5 Å². The summed E-state index contributed by atoms with van der Waals surface area (Å²) >= 11 is 1.38. The van der Waals surface area contributed by atoms with Crippen LogP contribution in [0.3, 0.4) is 0 Å². The molecule has 4 rings (SSSR count). The Morgan fingerprint density at radius 2 is 1.81 bits per heavy atom. The third-order valence-electron chi connectivity index (χ3n) is 5.52. The summed E-state index contributed by atoms with van der Waals surface area (Å²) < 4.78 is 18.4. The van der Waals surface area contributed by atoms with E-state index in [0.29, 0.717) is 11.4 Å². The summed E-state index contributed by atoms with van der Waals surface area (Å²) in [7, 11) is 1.67. The second-order valence-corrected chi connectivity index (χ2v) is 8.71. The van der Waals surface area contributed by atoms with E-state index in [9.17, 15) is 9.18 Å². The molecular weight excluding hydrogens is 413 g/mol. The van der Waals surface area contributed by atoms with Crippen LogP contribution in [0.15, 0.2) is 48.5 Å². The van der Waals surface area contributed by atoms with Gasteiger partial charge in [0.2, 0.25) is 0 Å². The molecule has 5 nitrogen and oxygen atoms in total. The maximum absolute atomic E-state index is 13.2. The molecule has 7 heteroatoms. The van der Waals surface area contributed by atoms with Crippen molar-refractivity contribution < 1.29 is 13.9 Å². The van der Waals surface area contributed by atoms with Crippen LogP contribution in [0.25, 0.3) is 10.6 Å². The molecule has 0 radical (unpaired) electrons. The number of rotatable bonds is 5. The lowest BCUT2D eigenvalue weighted by Crippen LogP contribution is -2.35. The molecule has 0 aliphatic carbocycles. The van der Waals surface area contributed by atoms with Crippen molar-refractivity contribution in [1.82, 2.24) is 14.8 Å². The first-order chi connectivity index (χ1) is 15.0. The van der Waals surface area contributed by atoms with Crippen LogP contribution in [0.5, 0.6) is 5.75 Å². The van der Waals surface area contributed by atoms with Gasteiger partial charge in [-0.15, -0.1) is 11.3 Å². The topological polar surface area (TPSA) is 45.7 Å².